The molecule has 0 unspecified atom stereocenters. The van der Waals surface area contributed by atoms with Crippen LogP contribution in [-0.4, -0.2) is 29.5 Å². The predicted molar refractivity (Wildman–Crippen MR) is 122 cm³/mol. The van der Waals surface area contributed by atoms with Crippen LogP contribution in [0.3, 0.4) is 0 Å². The average Bonchev–Trinajstić information content (AvgIpc) is 3.23. The molecule has 2 N–H and O–H groups in total. The second-order valence-electron chi connectivity index (χ2n) is 5.96. The number of para-hydroxylation sites is 1. The van der Waals surface area contributed by atoms with Gasteiger partial charge >= 0.3 is 0 Å². The van der Waals surface area contributed by atoms with Gasteiger partial charge in [0.2, 0.25) is 0 Å². The maximum Gasteiger partial charge on any atom is 0.192 e. The summed E-state index contributed by atoms with van der Waals surface area (Å²) in [5.41, 5.74) is 1.74. The molecule has 28 heavy (non-hydrogen) atoms. The van der Waals surface area contributed by atoms with E-state index in [0.29, 0.717) is 5.69 Å². The van der Waals surface area contributed by atoms with Crippen molar-refractivity contribution in [3.05, 3.63) is 77.1 Å². The molecule has 1 aromatic heterocycles. The van der Waals surface area contributed by atoms with Crippen LogP contribution in [0, 0.1) is 5.82 Å². The number of hydrogen-bond donors (Lipinski definition) is 2. The predicted octanol–water partition coefficient (Wildman–Crippen LogP) is 6.14. The summed E-state index contributed by atoms with van der Waals surface area (Å²) in [4.78, 5) is 7.53. The minimum atomic E-state index is -0.211. The zero-order valence-electron chi connectivity index (χ0n) is 16.3. The van der Waals surface area contributed by atoms with Crippen molar-refractivity contribution in [2.45, 2.75) is 20.3 Å². The van der Waals surface area contributed by atoms with Gasteiger partial charge in [-0.15, -0.1) is 11.3 Å². The van der Waals surface area contributed by atoms with Gasteiger partial charge < -0.3 is 14.9 Å². The van der Waals surface area contributed by atoms with Crippen LogP contribution in [0.5, 0.6) is 0 Å². The molecule has 0 amide bonds. The number of rotatable bonds is 12. The molecule has 0 fully saturated rings. The molecule has 2 rings (SSSR count). The molecule has 1 heterocycles. The molecule has 0 saturated heterocycles. The Morgan fingerprint density at radius 3 is 2.86 bits per heavy atom. The van der Waals surface area contributed by atoms with E-state index in [-0.39, 0.29) is 5.82 Å². The number of hydrogen-bond acceptors (Lipinski definition) is 6. The van der Waals surface area contributed by atoms with Crippen molar-refractivity contribution in [3.63, 3.8) is 0 Å². The van der Waals surface area contributed by atoms with E-state index < -0.39 is 0 Å². The lowest BCUT2D eigenvalue weighted by atomic mass is 10.2. The van der Waals surface area contributed by atoms with Crippen molar-refractivity contribution in [2.24, 2.45) is 0 Å². The van der Waals surface area contributed by atoms with Crippen LogP contribution in [0.2, 0.25) is 0 Å². The van der Waals surface area contributed by atoms with E-state index in [4.69, 9.17) is 0 Å². The van der Waals surface area contributed by atoms with Gasteiger partial charge in [0.15, 0.2) is 5.13 Å². The normalized spacial score (nSPS) is 12.0. The Hall–Kier alpha value is -2.25. The highest BCUT2D eigenvalue weighted by atomic mass is 32.2. The number of nitrogens with zero attached hydrogens (tertiary/aromatic N) is 2. The molecule has 0 bridgehead atoms. The molecular weight excluding hydrogens is 391 g/mol. The smallest absolute Gasteiger partial charge is 0.192 e. The van der Waals surface area contributed by atoms with Crippen molar-refractivity contribution >= 4 is 34.1 Å². The topological polar surface area (TPSA) is 40.2 Å². The van der Waals surface area contributed by atoms with E-state index in [0.717, 1.165) is 36.1 Å². The standard InChI is InChI=1S/C21H27FN4S2/c1-4-18(28-25-21-24-14-16-27-21)12-11-17(3)26(5-2)15-8-13-23-20-10-7-6-9-19(20)22/h4,6-7,9-12,14,16,23H,1,5,8,13,15H2,2-3H3,(H,24,25)/b17-11+,18-12+. The summed E-state index contributed by atoms with van der Waals surface area (Å²) >= 11 is 3.05. The number of anilines is 2. The van der Waals surface area contributed by atoms with E-state index >= 15 is 0 Å². The van der Waals surface area contributed by atoms with Crippen molar-refractivity contribution in [1.82, 2.24) is 9.88 Å². The first kappa shape index (κ1) is 22.0. The maximum atomic E-state index is 13.6. The van der Waals surface area contributed by atoms with Gasteiger partial charge in [-0.3, -0.25) is 0 Å². The van der Waals surface area contributed by atoms with Gasteiger partial charge in [0.05, 0.1) is 5.69 Å². The summed E-state index contributed by atoms with van der Waals surface area (Å²) in [6, 6.07) is 6.76. The molecule has 0 radical (unpaired) electrons. The summed E-state index contributed by atoms with van der Waals surface area (Å²) in [5.74, 6) is -0.211. The Balaban J connectivity index is 1.81. The van der Waals surface area contributed by atoms with Crippen LogP contribution in [0.25, 0.3) is 0 Å². The number of thiazole rings is 1. The molecule has 150 valence electrons. The fourth-order valence-electron chi connectivity index (χ4n) is 2.51. The van der Waals surface area contributed by atoms with E-state index in [1.54, 1.807) is 29.7 Å². The van der Waals surface area contributed by atoms with Crippen LogP contribution < -0.4 is 10.0 Å². The van der Waals surface area contributed by atoms with E-state index in [1.165, 1.54) is 23.7 Å². The van der Waals surface area contributed by atoms with Crippen molar-refractivity contribution in [2.75, 3.05) is 29.7 Å². The van der Waals surface area contributed by atoms with Crippen LogP contribution in [0.15, 0.2) is 71.3 Å². The van der Waals surface area contributed by atoms with E-state index in [9.17, 15) is 4.39 Å². The fourth-order valence-corrected chi connectivity index (χ4v) is 3.68. The monoisotopic (exact) mass is 418 g/mol. The minimum Gasteiger partial charge on any atom is -0.383 e. The third-order valence-corrected chi connectivity index (χ3v) is 5.70. The van der Waals surface area contributed by atoms with Gasteiger partial charge in [-0.05, 0) is 56.5 Å². The molecule has 0 saturated carbocycles. The Kier molecular flexibility index (Phi) is 9.65. The van der Waals surface area contributed by atoms with Gasteiger partial charge in [-0.2, -0.15) is 0 Å². The molecule has 7 heteroatoms. The summed E-state index contributed by atoms with van der Waals surface area (Å²) in [5, 5.41) is 5.96. The van der Waals surface area contributed by atoms with E-state index in [2.05, 4.69) is 46.4 Å². The fraction of sp³-hybridized carbons (Fsp3) is 0.286. The van der Waals surface area contributed by atoms with Crippen molar-refractivity contribution in [3.8, 4) is 0 Å². The quantitative estimate of drug-likeness (QED) is 0.246. The van der Waals surface area contributed by atoms with Crippen LogP contribution in [0.4, 0.5) is 15.2 Å². The second kappa shape index (κ2) is 12.3. The molecule has 0 spiro atoms. The first-order valence-electron chi connectivity index (χ1n) is 9.20. The first-order valence-corrected chi connectivity index (χ1v) is 10.9. The number of benzene rings is 1. The lowest BCUT2D eigenvalue weighted by molar-refractivity contribution is 0.361. The average molecular weight is 419 g/mol. The molecule has 0 aliphatic carbocycles. The van der Waals surface area contributed by atoms with Crippen LogP contribution >= 0.6 is 23.3 Å². The highest BCUT2D eigenvalue weighted by Crippen LogP contribution is 2.22. The number of aromatic nitrogens is 1. The first-order chi connectivity index (χ1) is 13.6. The molecule has 2 aromatic rings. The molecule has 4 nitrogen and oxygen atoms in total. The minimum absolute atomic E-state index is 0.211. The molecular formula is C21H27FN4S2. The zero-order valence-corrected chi connectivity index (χ0v) is 18.0. The summed E-state index contributed by atoms with van der Waals surface area (Å²) in [7, 11) is 0. The van der Waals surface area contributed by atoms with Crippen molar-refractivity contribution < 1.29 is 4.39 Å². The Morgan fingerprint density at radius 2 is 2.18 bits per heavy atom. The van der Waals surface area contributed by atoms with Gasteiger partial charge in [-0.25, -0.2) is 9.37 Å². The Bertz CT molecular complexity index is 787. The Morgan fingerprint density at radius 1 is 1.36 bits per heavy atom. The van der Waals surface area contributed by atoms with Gasteiger partial charge in [0.25, 0.3) is 0 Å². The SMILES string of the molecule is C=C/C(=C\C=C(/C)N(CC)CCCNc1ccccc1F)SNc1nccs1. The van der Waals surface area contributed by atoms with E-state index in [1.807, 2.05) is 23.6 Å². The lowest BCUT2D eigenvalue weighted by Gasteiger charge is -2.23. The van der Waals surface area contributed by atoms with Gasteiger partial charge in [-0.1, -0.05) is 24.8 Å². The largest absolute Gasteiger partial charge is 0.383 e. The second-order valence-corrected chi connectivity index (χ2v) is 7.74. The summed E-state index contributed by atoms with van der Waals surface area (Å²) in [6.07, 6.45) is 8.67. The summed E-state index contributed by atoms with van der Waals surface area (Å²) in [6.45, 7) is 10.7. The third-order valence-electron chi connectivity index (χ3n) is 4.05. The highest BCUT2D eigenvalue weighted by molar-refractivity contribution is 8.04. The van der Waals surface area contributed by atoms with Crippen molar-refractivity contribution in [1.29, 1.82) is 0 Å². The number of nitrogens with one attached hydrogen (secondary N) is 2. The Labute approximate surface area is 175 Å². The number of halogens is 1. The third kappa shape index (κ3) is 7.40. The molecule has 1 aromatic carbocycles. The van der Waals surface area contributed by atoms with Crippen LogP contribution in [-0.2, 0) is 0 Å². The molecule has 0 aliphatic heterocycles. The van der Waals surface area contributed by atoms with Gasteiger partial charge in [0, 0.05) is 41.8 Å². The molecule has 0 atom stereocenters. The van der Waals surface area contributed by atoms with Crippen LogP contribution in [0.1, 0.15) is 20.3 Å². The zero-order chi connectivity index (χ0) is 20.2. The highest BCUT2D eigenvalue weighted by Gasteiger charge is 2.04. The number of allylic oxidation sites excluding steroid dienone is 4. The summed E-state index contributed by atoms with van der Waals surface area (Å²) < 4.78 is 16.8. The lowest BCUT2D eigenvalue weighted by Crippen LogP contribution is -2.24. The molecule has 0 aliphatic rings. The van der Waals surface area contributed by atoms with Gasteiger partial charge in [0.1, 0.15) is 5.82 Å². The maximum absolute atomic E-state index is 13.6.